The van der Waals surface area contributed by atoms with Crippen LogP contribution in [-0.4, -0.2) is 20.9 Å². The second-order valence-electron chi connectivity index (χ2n) is 11.7. The average molecular weight is 552 g/mol. The van der Waals surface area contributed by atoms with E-state index in [2.05, 4.69) is 36.4 Å². The van der Waals surface area contributed by atoms with Crippen LogP contribution in [-0.2, 0) is 0 Å². The first-order valence-corrected chi connectivity index (χ1v) is 14.5. The lowest BCUT2D eigenvalue weighted by Gasteiger charge is -2.23. The Balaban J connectivity index is 1.38. The number of fused-ring (bicyclic) bond motifs is 6. The van der Waals surface area contributed by atoms with E-state index in [1.807, 2.05) is 67.6 Å². The molecule has 5 heteroatoms. The smallest absolute Gasteiger partial charge is 0.264 e. The van der Waals surface area contributed by atoms with Crippen molar-refractivity contribution < 1.29 is 4.79 Å². The fraction of sp³-hybridized carbons (Fsp3) is 0.0526. The molecule has 0 fully saturated rings. The van der Waals surface area contributed by atoms with Crippen molar-refractivity contribution in [1.82, 2.24) is 9.38 Å². The Morgan fingerprint density at radius 2 is 1.23 bits per heavy atom. The van der Waals surface area contributed by atoms with E-state index in [0.717, 1.165) is 87.6 Å². The van der Waals surface area contributed by atoms with Gasteiger partial charge in [-0.05, 0) is 75.1 Å². The molecule has 1 aliphatic rings. The van der Waals surface area contributed by atoms with Crippen molar-refractivity contribution in [1.29, 1.82) is 0 Å². The lowest BCUT2D eigenvalue weighted by atomic mass is 9.80. The van der Waals surface area contributed by atoms with Gasteiger partial charge in [0.25, 0.3) is 5.56 Å². The van der Waals surface area contributed by atoms with Crippen LogP contribution in [0.3, 0.4) is 0 Å². The molecule has 0 spiro atoms. The summed E-state index contributed by atoms with van der Waals surface area (Å²) in [4.78, 5) is 37.5. The summed E-state index contributed by atoms with van der Waals surface area (Å²) in [5.41, 5.74) is 6.77. The predicted molar refractivity (Wildman–Crippen MR) is 175 cm³/mol. The Bertz CT molecular complexity index is 2790. The molecule has 0 amide bonds. The Labute approximate surface area is 244 Å². The van der Waals surface area contributed by atoms with E-state index < -0.39 is 0 Å². The topological polar surface area (TPSA) is 63.8 Å². The van der Waals surface area contributed by atoms with Crippen molar-refractivity contribution in [3.05, 3.63) is 124 Å². The van der Waals surface area contributed by atoms with E-state index in [1.54, 1.807) is 4.40 Å². The van der Waals surface area contributed by atoms with E-state index in [9.17, 15) is 9.59 Å². The molecule has 200 valence electrons. The third-order valence-electron chi connectivity index (χ3n) is 9.45. The zero-order valence-corrected chi connectivity index (χ0v) is 23.1. The van der Waals surface area contributed by atoms with Crippen LogP contribution in [0.15, 0.2) is 107 Å². The van der Waals surface area contributed by atoms with Crippen molar-refractivity contribution in [2.24, 2.45) is 4.99 Å². The van der Waals surface area contributed by atoms with Gasteiger partial charge in [-0.3, -0.25) is 19.0 Å². The maximum Gasteiger partial charge on any atom is 0.264 e. The van der Waals surface area contributed by atoms with Crippen molar-refractivity contribution in [3.63, 3.8) is 0 Å². The first kappa shape index (κ1) is 22.9. The van der Waals surface area contributed by atoms with Crippen molar-refractivity contribution in [3.8, 4) is 0 Å². The van der Waals surface area contributed by atoms with Crippen molar-refractivity contribution >= 4 is 87.7 Å². The van der Waals surface area contributed by atoms with Crippen molar-refractivity contribution in [2.45, 2.75) is 13.3 Å². The number of rotatable bonds is 1. The maximum absolute atomic E-state index is 14.0. The van der Waals surface area contributed by atoms with Gasteiger partial charge >= 0.3 is 0 Å². The minimum Gasteiger partial charge on any atom is -0.294 e. The molecule has 0 saturated heterocycles. The number of aryl methyl sites for hydroxylation is 1. The minimum atomic E-state index is -0.0569. The van der Waals surface area contributed by atoms with Crippen LogP contribution in [0.25, 0.3) is 70.5 Å². The normalized spacial score (nSPS) is 14.7. The lowest BCUT2D eigenvalue weighted by Crippen LogP contribution is -2.17. The number of aliphatic imine (C=N–C) groups is 1. The molecule has 0 aliphatic heterocycles. The SMILES string of the molecule is Cc1ccccc1N=C1CC(=O)c2ccc3c4ccc5c6c(ccc(c7ccc1c2c73)c46)c(=O)n1c2ccccc2nc51. The summed E-state index contributed by atoms with van der Waals surface area (Å²) in [5, 5.41) is 9.98. The molecule has 2 heterocycles. The Morgan fingerprint density at radius 1 is 0.628 bits per heavy atom. The average Bonchev–Trinajstić information content (AvgIpc) is 3.43. The molecule has 43 heavy (non-hydrogen) atoms. The van der Waals surface area contributed by atoms with E-state index in [0.29, 0.717) is 11.0 Å². The monoisotopic (exact) mass is 551 g/mol. The van der Waals surface area contributed by atoms with Gasteiger partial charge in [-0.1, -0.05) is 66.7 Å². The highest BCUT2D eigenvalue weighted by Gasteiger charge is 2.28. The summed E-state index contributed by atoms with van der Waals surface area (Å²) in [6.07, 6.45) is 0.275. The molecule has 0 saturated carbocycles. The number of hydrogen-bond acceptors (Lipinski definition) is 4. The Kier molecular flexibility index (Phi) is 4.15. The predicted octanol–water partition coefficient (Wildman–Crippen LogP) is 8.50. The summed E-state index contributed by atoms with van der Waals surface area (Å²) >= 11 is 0. The molecule has 1 aliphatic carbocycles. The van der Waals surface area contributed by atoms with Crippen molar-refractivity contribution in [2.75, 3.05) is 0 Å². The van der Waals surface area contributed by atoms with E-state index in [4.69, 9.17) is 9.98 Å². The number of benzene rings is 7. The summed E-state index contributed by atoms with van der Waals surface area (Å²) in [6.45, 7) is 2.04. The zero-order valence-electron chi connectivity index (χ0n) is 23.1. The quantitative estimate of drug-likeness (QED) is 0.152. The van der Waals surface area contributed by atoms with Gasteiger partial charge in [0.05, 0.1) is 28.9 Å². The number of para-hydroxylation sites is 3. The lowest BCUT2D eigenvalue weighted by molar-refractivity contribution is 0.100. The van der Waals surface area contributed by atoms with E-state index in [-0.39, 0.29) is 17.8 Å². The van der Waals surface area contributed by atoms with Gasteiger partial charge in [0.15, 0.2) is 5.78 Å². The number of pyridine rings is 1. The summed E-state index contributed by atoms with van der Waals surface area (Å²) in [5.74, 6) is 0.0871. The standard InChI is InChI=1S/C38H21N3O2/c1-19-6-2-3-7-28(19)39-30-18-32(42)25-15-11-21-22-12-16-26-36-27(38(43)41-31-9-5-4-8-29(31)40-37(26)41)17-13-23(34(22)36)20-10-14-24(30)35(25)33(20)21/h2-17H,18H2,1H3. The number of carbonyl (C=O) groups is 1. The third-order valence-corrected chi connectivity index (χ3v) is 9.45. The third kappa shape index (κ3) is 2.77. The fourth-order valence-corrected chi connectivity index (χ4v) is 7.54. The van der Waals surface area contributed by atoms with Crippen LogP contribution in [0.5, 0.6) is 0 Å². The molecule has 7 aromatic carbocycles. The first-order chi connectivity index (χ1) is 21.1. The summed E-state index contributed by atoms with van der Waals surface area (Å²) in [6, 6.07) is 32.5. The molecule has 0 bridgehead atoms. The fourth-order valence-electron chi connectivity index (χ4n) is 7.54. The maximum atomic E-state index is 14.0. The van der Waals surface area contributed by atoms with Crippen LogP contribution >= 0.6 is 0 Å². The van der Waals surface area contributed by atoms with Crippen LogP contribution in [0, 0.1) is 6.92 Å². The number of aromatic nitrogens is 2. The number of hydrogen-bond donors (Lipinski definition) is 0. The molecule has 10 rings (SSSR count). The molecule has 0 atom stereocenters. The Hall–Kier alpha value is -5.68. The van der Waals surface area contributed by atoms with Gasteiger partial charge in [0, 0.05) is 32.7 Å². The molecule has 0 N–H and O–H groups in total. The van der Waals surface area contributed by atoms with E-state index in [1.165, 1.54) is 0 Å². The highest BCUT2D eigenvalue weighted by Crippen LogP contribution is 2.46. The highest BCUT2D eigenvalue weighted by atomic mass is 16.1. The van der Waals surface area contributed by atoms with Gasteiger partial charge in [0.1, 0.15) is 5.65 Å². The molecule has 5 nitrogen and oxygen atoms in total. The van der Waals surface area contributed by atoms with Crippen LogP contribution in [0.4, 0.5) is 5.69 Å². The van der Waals surface area contributed by atoms with Gasteiger partial charge in [-0.2, -0.15) is 0 Å². The number of carbonyl (C=O) groups excluding carboxylic acids is 1. The van der Waals surface area contributed by atoms with Gasteiger partial charge in [-0.15, -0.1) is 0 Å². The summed E-state index contributed by atoms with van der Waals surface area (Å²) in [7, 11) is 0. The first-order valence-electron chi connectivity index (χ1n) is 14.5. The largest absolute Gasteiger partial charge is 0.294 e. The second-order valence-corrected chi connectivity index (χ2v) is 11.7. The van der Waals surface area contributed by atoms with E-state index >= 15 is 0 Å². The van der Waals surface area contributed by atoms with Crippen LogP contribution in [0.2, 0.25) is 0 Å². The van der Waals surface area contributed by atoms with Crippen LogP contribution < -0.4 is 5.56 Å². The molecular weight excluding hydrogens is 530 g/mol. The number of imidazole rings is 1. The molecular formula is C38H21N3O2. The second kappa shape index (κ2) is 7.78. The number of ketones is 1. The molecule has 2 aromatic heterocycles. The van der Waals surface area contributed by atoms with Crippen LogP contribution in [0.1, 0.15) is 27.9 Å². The number of nitrogens with zero attached hydrogens (tertiary/aromatic N) is 3. The minimum absolute atomic E-state index is 0.0569. The zero-order chi connectivity index (χ0) is 28.6. The Morgan fingerprint density at radius 3 is 2.02 bits per heavy atom. The molecule has 0 radical (unpaired) electrons. The van der Waals surface area contributed by atoms with Gasteiger partial charge in [0.2, 0.25) is 0 Å². The number of Topliss-reactive ketones (excluding diaryl/α,β-unsaturated/α-hetero) is 1. The molecule has 9 aromatic rings. The van der Waals surface area contributed by atoms with Gasteiger partial charge in [-0.25, -0.2) is 4.98 Å². The van der Waals surface area contributed by atoms with Gasteiger partial charge < -0.3 is 0 Å². The summed E-state index contributed by atoms with van der Waals surface area (Å²) < 4.78 is 1.75. The molecule has 0 unspecified atom stereocenters. The highest BCUT2D eigenvalue weighted by molar-refractivity contribution is 6.41.